The first-order chi connectivity index (χ1) is 33.0. The Balaban J connectivity index is 4.41. The predicted octanol–water partition coefficient (Wildman–Crippen LogP) is 18.8. The number of rotatable bonds is 50. The van der Waals surface area contributed by atoms with E-state index in [1.165, 1.54) is 154 Å². The molecule has 0 aliphatic rings. The zero-order valence-corrected chi connectivity index (χ0v) is 43.9. The second-order valence-corrected chi connectivity index (χ2v) is 18.6. The molecule has 6 nitrogen and oxygen atoms in total. The minimum Gasteiger partial charge on any atom is -0.462 e. The van der Waals surface area contributed by atoms with Crippen LogP contribution in [0, 0.1) is 0 Å². The Morgan fingerprint density at radius 2 is 0.597 bits per heavy atom. The Hall–Kier alpha value is -3.41. The summed E-state index contributed by atoms with van der Waals surface area (Å²) in [6.07, 6.45) is 71.4. The summed E-state index contributed by atoms with van der Waals surface area (Å²) in [5.41, 5.74) is 0. The summed E-state index contributed by atoms with van der Waals surface area (Å²) >= 11 is 0. The van der Waals surface area contributed by atoms with Gasteiger partial charge in [0.2, 0.25) is 0 Å². The normalized spacial score (nSPS) is 12.7. The molecule has 0 saturated heterocycles. The topological polar surface area (TPSA) is 78.9 Å². The first-order valence-electron chi connectivity index (χ1n) is 28.2. The van der Waals surface area contributed by atoms with Crippen LogP contribution in [0.25, 0.3) is 0 Å². The fourth-order valence-corrected chi connectivity index (χ4v) is 7.73. The summed E-state index contributed by atoms with van der Waals surface area (Å²) in [5.74, 6) is -0.937. The molecule has 0 N–H and O–H groups in total. The van der Waals surface area contributed by atoms with E-state index in [1.807, 2.05) is 30.4 Å². The second kappa shape index (κ2) is 55.2. The van der Waals surface area contributed by atoms with Crippen LogP contribution < -0.4 is 0 Å². The van der Waals surface area contributed by atoms with Crippen molar-refractivity contribution in [1.29, 1.82) is 0 Å². The Labute approximate surface area is 414 Å². The molecule has 0 rings (SSSR count). The molecule has 0 amide bonds. The van der Waals surface area contributed by atoms with E-state index in [0.717, 1.165) is 70.6 Å². The number of carbonyl (C=O) groups excluding carboxylic acids is 3. The molecule has 1 unspecified atom stereocenters. The van der Waals surface area contributed by atoms with Crippen molar-refractivity contribution < 1.29 is 28.6 Å². The molecule has 0 heterocycles. The van der Waals surface area contributed by atoms with Crippen molar-refractivity contribution in [2.45, 2.75) is 271 Å². The van der Waals surface area contributed by atoms with Crippen LogP contribution in [0.2, 0.25) is 0 Å². The van der Waals surface area contributed by atoms with Gasteiger partial charge in [-0.1, -0.05) is 241 Å². The molecule has 0 saturated carbocycles. The molecule has 0 aliphatic carbocycles. The quantitative estimate of drug-likeness (QED) is 0.0199. The van der Waals surface area contributed by atoms with Crippen molar-refractivity contribution >= 4 is 17.9 Å². The molecule has 0 aromatic heterocycles. The van der Waals surface area contributed by atoms with Gasteiger partial charge in [0.25, 0.3) is 0 Å². The fourth-order valence-electron chi connectivity index (χ4n) is 7.73. The lowest BCUT2D eigenvalue weighted by Gasteiger charge is -2.18. The first kappa shape index (κ1) is 63.6. The van der Waals surface area contributed by atoms with Crippen molar-refractivity contribution in [2.75, 3.05) is 13.2 Å². The Bertz CT molecular complexity index is 1300. The summed E-state index contributed by atoms with van der Waals surface area (Å²) in [4.78, 5) is 38.1. The fraction of sp³-hybridized carbons (Fsp3) is 0.721. The number of ether oxygens (including phenoxy) is 3. The van der Waals surface area contributed by atoms with Crippen molar-refractivity contribution in [3.05, 3.63) is 85.1 Å². The van der Waals surface area contributed by atoms with E-state index in [0.29, 0.717) is 19.3 Å². The minimum absolute atomic E-state index is 0.0927. The third-order valence-corrected chi connectivity index (χ3v) is 12.0. The highest BCUT2D eigenvalue weighted by atomic mass is 16.6. The van der Waals surface area contributed by atoms with E-state index in [4.69, 9.17) is 14.2 Å². The molecule has 67 heavy (non-hydrogen) atoms. The van der Waals surface area contributed by atoms with Gasteiger partial charge in [-0.15, -0.1) is 0 Å². The Kier molecular flexibility index (Phi) is 52.4. The molecule has 0 spiro atoms. The summed E-state index contributed by atoms with van der Waals surface area (Å²) in [6, 6.07) is 0. The van der Waals surface area contributed by atoms with Crippen molar-refractivity contribution in [1.82, 2.24) is 0 Å². The molecular formula is C61H104O6. The summed E-state index contributed by atoms with van der Waals surface area (Å²) in [7, 11) is 0. The van der Waals surface area contributed by atoms with Crippen LogP contribution in [-0.2, 0) is 28.6 Å². The molecular weight excluding hydrogens is 829 g/mol. The Morgan fingerprint density at radius 1 is 0.313 bits per heavy atom. The highest BCUT2D eigenvalue weighted by Crippen LogP contribution is 2.15. The maximum atomic E-state index is 12.8. The number of carbonyl (C=O) groups is 3. The van der Waals surface area contributed by atoms with Gasteiger partial charge in [-0.05, 0) is 89.9 Å². The van der Waals surface area contributed by atoms with E-state index < -0.39 is 6.10 Å². The van der Waals surface area contributed by atoms with Crippen LogP contribution in [0.5, 0.6) is 0 Å². The molecule has 384 valence electrons. The van der Waals surface area contributed by atoms with E-state index in [-0.39, 0.29) is 31.1 Å². The van der Waals surface area contributed by atoms with Crippen molar-refractivity contribution in [3.63, 3.8) is 0 Å². The Morgan fingerprint density at radius 3 is 1.01 bits per heavy atom. The molecule has 0 aromatic rings. The highest BCUT2D eigenvalue weighted by molar-refractivity contribution is 5.71. The van der Waals surface area contributed by atoms with Crippen LogP contribution in [0.4, 0.5) is 0 Å². The molecule has 0 fully saturated rings. The van der Waals surface area contributed by atoms with Crippen LogP contribution in [0.3, 0.4) is 0 Å². The second-order valence-electron chi connectivity index (χ2n) is 18.6. The largest absolute Gasteiger partial charge is 0.462 e. The van der Waals surface area contributed by atoms with Gasteiger partial charge in [0.05, 0.1) is 0 Å². The lowest BCUT2D eigenvalue weighted by molar-refractivity contribution is -0.167. The smallest absolute Gasteiger partial charge is 0.306 e. The molecule has 0 aliphatic heterocycles. The lowest BCUT2D eigenvalue weighted by Crippen LogP contribution is -2.30. The molecule has 1 atom stereocenters. The maximum Gasteiger partial charge on any atom is 0.306 e. The monoisotopic (exact) mass is 933 g/mol. The van der Waals surface area contributed by atoms with Gasteiger partial charge in [-0.3, -0.25) is 14.4 Å². The van der Waals surface area contributed by atoms with Gasteiger partial charge in [-0.2, -0.15) is 0 Å². The van der Waals surface area contributed by atoms with E-state index >= 15 is 0 Å². The standard InChI is InChI=1S/C61H104O6/c1-4-7-10-13-16-19-22-25-27-29-30-32-33-36-39-42-45-48-51-54-60(63)66-57-58(56-65-59(62)53-50-47-44-41-38-35-24-21-18-15-12-9-6-3)67-61(64)55-52-49-46-43-40-37-34-31-28-26-23-20-17-14-11-8-5-2/h9,12,15-16,18-19,21-22,24-26,28,35,38,58H,4-8,10-11,13-14,17,20,23,27,29-34,36-37,39-57H2,1-3H3/b12-9+,18-15+,19-16+,24-21+,25-22+,28-26+,38-35+. The van der Waals surface area contributed by atoms with Crippen molar-refractivity contribution in [3.8, 4) is 0 Å². The third-order valence-electron chi connectivity index (χ3n) is 12.0. The number of hydrogen-bond donors (Lipinski definition) is 0. The van der Waals surface area contributed by atoms with Crippen LogP contribution >= 0.6 is 0 Å². The van der Waals surface area contributed by atoms with Gasteiger partial charge in [0.15, 0.2) is 6.10 Å². The predicted molar refractivity (Wildman–Crippen MR) is 288 cm³/mol. The average Bonchev–Trinajstić information content (AvgIpc) is 3.33. The van der Waals surface area contributed by atoms with Gasteiger partial charge in [-0.25, -0.2) is 0 Å². The zero-order valence-electron chi connectivity index (χ0n) is 43.9. The molecule has 0 radical (unpaired) electrons. The third kappa shape index (κ3) is 53.4. The SMILES string of the molecule is CC/C=C/C=C/C=C/C=C/CCCCCC(=O)OCC(COC(=O)CCCCCCCCCCCC/C=C/C=C/CCCCC)OC(=O)CCCCCCCCC/C=C/CCCCCCCC. The number of esters is 3. The summed E-state index contributed by atoms with van der Waals surface area (Å²) in [5, 5.41) is 0. The lowest BCUT2D eigenvalue weighted by atomic mass is 10.1. The zero-order chi connectivity index (χ0) is 48.6. The molecule has 0 bridgehead atoms. The van der Waals surface area contributed by atoms with Crippen LogP contribution in [0.1, 0.15) is 265 Å². The van der Waals surface area contributed by atoms with Gasteiger partial charge in [0.1, 0.15) is 13.2 Å². The molecule has 0 aromatic carbocycles. The van der Waals surface area contributed by atoms with Gasteiger partial charge in [0, 0.05) is 19.3 Å². The van der Waals surface area contributed by atoms with Crippen LogP contribution in [0.15, 0.2) is 85.1 Å². The van der Waals surface area contributed by atoms with E-state index in [9.17, 15) is 14.4 Å². The van der Waals surface area contributed by atoms with E-state index in [2.05, 4.69) is 75.5 Å². The summed E-state index contributed by atoms with van der Waals surface area (Å²) < 4.78 is 16.8. The van der Waals surface area contributed by atoms with Crippen LogP contribution in [-0.4, -0.2) is 37.2 Å². The number of hydrogen-bond acceptors (Lipinski definition) is 6. The molecule has 6 heteroatoms. The number of unbranched alkanes of at least 4 members (excludes halogenated alkanes) is 29. The first-order valence-corrected chi connectivity index (χ1v) is 28.2. The highest BCUT2D eigenvalue weighted by Gasteiger charge is 2.19. The maximum absolute atomic E-state index is 12.8. The van der Waals surface area contributed by atoms with Crippen molar-refractivity contribution in [2.24, 2.45) is 0 Å². The number of allylic oxidation sites excluding steroid dienone is 14. The van der Waals surface area contributed by atoms with Gasteiger partial charge >= 0.3 is 17.9 Å². The summed E-state index contributed by atoms with van der Waals surface area (Å²) in [6.45, 7) is 6.44. The van der Waals surface area contributed by atoms with Gasteiger partial charge < -0.3 is 14.2 Å². The average molecular weight is 933 g/mol. The van der Waals surface area contributed by atoms with E-state index in [1.54, 1.807) is 0 Å². The minimum atomic E-state index is -0.797.